The second-order valence-electron chi connectivity index (χ2n) is 6.62. The number of ether oxygens (including phenoxy) is 2. The molecule has 0 fully saturated rings. The topological polar surface area (TPSA) is 55.7 Å². The van der Waals surface area contributed by atoms with Crippen molar-refractivity contribution in [2.75, 3.05) is 26.1 Å². The zero-order valence-electron chi connectivity index (χ0n) is 16.0. The number of hydrogen-bond donors (Lipinski definition) is 1. The maximum Gasteiger partial charge on any atom is 0.322 e. The first-order valence-corrected chi connectivity index (χ1v) is 9.21. The maximum atomic E-state index is 13.2. The van der Waals surface area contributed by atoms with Gasteiger partial charge in [0.15, 0.2) is 0 Å². The summed E-state index contributed by atoms with van der Waals surface area (Å²) >= 11 is 0. The predicted molar refractivity (Wildman–Crippen MR) is 108 cm³/mol. The molecule has 1 unspecified atom stereocenters. The molecule has 0 bridgehead atoms. The number of amides is 2. The van der Waals surface area contributed by atoms with Crippen LogP contribution in [0.2, 0.25) is 0 Å². The Kier molecular flexibility index (Phi) is 4.93. The minimum Gasteiger partial charge on any atom is -0.497 e. The van der Waals surface area contributed by atoms with Crippen LogP contribution in [0.1, 0.15) is 17.3 Å². The van der Waals surface area contributed by atoms with Gasteiger partial charge < -0.3 is 24.3 Å². The highest BCUT2D eigenvalue weighted by molar-refractivity contribution is 5.90. The second kappa shape index (κ2) is 7.68. The van der Waals surface area contributed by atoms with E-state index in [0.717, 1.165) is 35.0 Å². The first-order valence-electron chi connectivity index (χ1n) is 9.21. The van der Waals surface area contributed by atoms with Gasteiger partial charge in [-0.2, -0.15) is 0 Å². The van der Waals surface area contributed by atoms with Crippen LogP contribution >= 0.6 is 0 Å². The second-order valence-corrected chi connectivity index (χ2v) is 6.62. The first-order chi connectivity index (χ1) is 13.7. The first kappa shape index (κ1) is 18.0. The normalized spacial score (nSPS) is 15.6. The van der Waals surface area contributed by atoms with E-state index in [4.69, 9.17) is 9.47 Å². The van der Waals surface area contributed by atoms with Gasteiger partial charge in [0, 0.05) is 36.2 Å². The molecule has 0 saturated carbocycles. The third-order valence-electron chi connectivity index (χ3n) is 5.07. The van der Waals surface area contributed by atoms with E-state index in [1.165, 1.54) is 0 Å². The minimum absolute atomic E-state index is 0.145. The summed E-state index contributed by atoms with van der Waals surface area (Å²) in [4.78, 5) is 15.0. The van der Waals surface area contributed by atoms with Crippen LogP contribution in [0.15, 0.2) is 66.9 Å². The molecule has 6 nitrogen and oxygen atoms in total. The lowest BCUT2D eigenvalue weighted by Crippen LogP contribution is -2.44. The van der Waals surface area contributed by atoms with Gasteiger partial charge >= 0.3 is 6.03 Å². The summed E-state index contributed by atoms with van der Waals surface area (Å²) in [6.07, 6.45) is 2.05. The van der Waals surface area contributed by atoms with E-state index in [1.807, 2.05) is 59.5 Å². The lowest BCUT2D eigenvalue weighted by molar-refractivity contribution is 0.180. The van der Waals surface area contributed by atoms with Crippen LogP contribution in [0.3, 0.4) is 0 Å². The van der Waals surface area contributed by atoms with Gasteiger partial charge in [-0.25, -0.2) is 4.79 Å². The van der Waals surface area contributed by atoms with Crippen molar-refractivity contribution in [1.29, 1.82) is 0 Å². The molecule has 0 spiro atoms. The third kappa shape index (κ3) is 3.29. The predicted octanol–water partition coefficient (Wildman–Crippen LogP) is 4.14. The lowest BCUT2D eigenvalue weighted by atomic mass is 9.99. The van der Waals surface area contributed by atoms with Crippen molar-refractivity contribution < 1.29 is 14.3 Å². The van der Waals surface area contributed by atoms with Gasteiger partial charge in [-0.15, -0.1) is 0 Å². The maximum absolute atomic E-state index is 13.2. The van der Waals surface area contributed by atoms with E-state index in [-0.39, 0.29) is 12.1 Å². The summed E-state index contributed by atoms with van der Waals surface area (Å²) in [6.45, 7) is 1.36. The SMILES string of the molecule is COc1ccc(NC(=O)N2CCn3cccc3C2c2ccccc2OC)cc1. The zero-order valence-corrected chi connectivity index (χ0v) is 16.0. The average molecular weight is 377 g/mol. The number of fused-ring (bicyclic) bond motifs is 1. The number of aromatic nitrogens is 1. The van der Waals surface area contributed by atoms with E-state index in [1.54, 1.807) is 14.2 Å². The summed E-state index contributed by atoms with van der Waals surface area (Å²) < 4.78 is 13.0. The van der Waals surface area contributed by atoms with E-state index >= 15 is 0 Å². The van der Waals surface area contributed by atoms with E-state index < -0.39 is 0 Å². The number of carbonyl (C=O) groups excluding carboxylic acids is 1. The van der Waals surface area contributed by atoms with Crippen LogP contribution in [0.25, 0.3) is 0 Å². The Morgan fingerprint density at radius 1 is 0.964 bits per heavy atom. The van der Waals surface area contributed by atoms with Gasteiger partial charge in [-0.3, -0.25) is 0 Å². The average Bonchev–Trinajstić information content (AvgIpc) is 3.22. The van der Waals surface area contributed by atoms with Gasteiger partial charge in [-0.05, 0) is 42.5 Å². The Morgan fingerprint density at radius 3 is 2.50 bits per heavy atom. The van der Waals surface area contributed by atoms with Crippen molar-refractivity contribution in [3.63, 3.8) is 0 Å². The summed E-state index contributed by atoms with van der Waals surface area (Å²) in [5.41, 5.74) is 2.76. The Hall–Kier alpha value is -3.41. The fraction of sp³-hybridized carbons (Fsp3) is 0.227. The fourth-order valence-corrected chi connectivity index (χ4v) is 3.69. The van der Waals surface area contributed by atoms with Gasteiger partial charge in [0.25, 0.3) is 0 Å². The van der Waals surface area contributed by atoms with Crippen molar-refractivity contribution in [2.24, 2.45) is 0 Å². The number of methoxy groups -OCH3 is 2. The molecule has 28 heavy (non-hydrogen) atoms. The van der Waals surface area contributed by atoms with Gasteiger partial charge in [0.1, 0.15) is 17.5 Å². The van der Waals surface area contributed by atoms with E-state index in [2.05, 4.69) is 22.1 Å². The number of rotatable bonds is 4. The van der Waals surface area contributed by atoms with Crippen molar-refractivity contribution in [3.8, 4) is 11.5 Å². The van der Waals surface area contributed by atoms with Crippen molar-refractivity contribution in [3.05, 3.63) is 78.1 Å². The van der Waals surface area contributed by atoms with Gasteiger partial charge in [0.05, 0.1) is 14.2 Å². The molecule has 1 aromatic heterocycles. The molecule has 0 saturated heterocycles. The molecule has 2 aromatic carbocycles. The number of hydrogen-bond acceptors (Lipinski definition) is 3. The van der Waals surface area contributed by atoms with Crippen LogP contribution in [0.4, 0.5) is 10.5 Å². The quantitative estimate of drug-likeness (QED) is 0.743. The number of benzene rings is 2. The molecule has 1 N–H and O–H groups in total. The number of nitrogens with one attached hydrogen (secondary N) is 1. The van der Waals surface area contributed by atoms with Crippen molar-refractivity contribution in [1.82, 2.24) is 9.47 Å². The van der Waals surface area contributed by atoms with Gasteiger partial charge in [0.2, 0.25) is 0 Å². The molecule has 2 amide bonds. The molecule has 1 atom stereocenters. The molecular weight excluding hydrogens is 354 g/mol. The molecule has 0 aliphatic carbocycles. The lowest BCUT2D eigenvalue weighted by Gasteiger charge is -2.37. The summed E-state index contributed by atoms with van der Waals surface area (Å²) in [6, 6.07) is 18.9. The number of anilines is 1. The molecule has 3 aromatic rings. The number of urea groups is 1. The Morgan fingerprint density at radius 2 is 1.75 bits per heavy atom. The van der Waals surface area contributed by atoms with E-state index in [0.29, 0.717) is 6.54 Å². The highest BCUT2D eigenvalue weighted by atomic mass is 16.5. The summed E-state index contributed by atoms with van der Waals surface area (Å²) in [7, 11) is 3.27. The number of nitrogens with zero attached hydrogens (tertiary/aromatic N) is 2. The third-order valence-corrected chi connectivity index (χ3v) is 5.07. The van der Waals surface area contributed by atoms with Gasteiger partial charge in [-0.1, -0.05) is 18.2 Å². The smallest absolute Gasteiger partial charge is 0.322 e. The number of carbonyl (C=O) groups is 1. The highest BCUT2D eigenvalue weighted by Crippen LogP contribution is 2.37. The van der Waals surface area contributed by atoms with Crippen LogP contribution in [0, 0.1) is 0 Å². The molecule has 2 heterocycles. The molecule has 144 valence electrons. The molecule has 1 aliphatic heterocycles. The Balaban J connectivity index is 1.67. The molecule has 1 aliphatic rings. The Labute approximate surface area is 164 Å². The van der Waals surface area contributed by atoms with Crippen LogP contribution in [-0.2, 0) is 6.54 Å². The largest absolute Gasteiger partial charge is 0.497 e. The summed E-state index contributed by atoms with van der Waals surface area (Å²) in [5.74, 6) is 1.52. The monoisotopic (exact) mass is 377 g/mol. The van der Waals surface area contributed by atoms with Crippen molar-refractivity contribution >= 4 is 11.7 Å². The van der Waals surface area contributed by atoms with E-state index in [9.17, 15) is 4.79 Å². The minimum atomic E-state index is -0.224. The molecule has 6 heteroatoms. The standard InChI is InChI=1S/C22H23N3O3/c1-27-17-11-9-16(10-12-17)23-22(26)25-15-14-24-13-5-7-19(24)21(25)18-6-3-4-8-20(18)28-2/h3-13,21H,14-15H2,1-2H3,(H,23,26). The summed E-state index contributed by atoms with van der Waals surface area (Å²) in [5, 5.41) is 3.00. The van der Waals surface area contributed by atoms with Crippen LogP contribution < -0.4 is 14.8 Å². The highest BCUT2D eigenvalue weighted by Gasteiger charge is 2.33. The molecular formula is C22H23N3O3. The van der Waals surface area contributed by atoms with Crippen LogP contribution in [0.5, 0.6) is 11.5 Å². The number of para-hydroxylation sites is 1. The zero-order chi connectivity index (χ0) is 19.5. The van der Waals surface area contributed by atoms with Crippen molar-refractivity contribution in [2.45, 2.75) is 12.6 Å². The Bertz CT molecular complexity index is 965. The molecule has 0 radical (unpaired) electrons. The molecule has 4 rings (SSSR count). The fourth-order valence-electron chi connectivity index (χ4n) is 3.69. The van der Waals surface area contributed by atoms with Crippen LogP contribution in [-0.4, -0.2) is 36.3 Å².